The third-order valence-electron chi connectivity index (χ3n) is 6.02. The van der Waals surface area contributed by atoms with Crippen LogP contribution in [0.4, 0.5) is 5.82 Å². The van der Waals surface area contributed by atoms with Crippen molar-refractivity contribution in [1.82, 2.24) is 19.6 Å². The molecule has 16 heteroatoms. The first-order chi connectivity index (χ1) is 16.4. The first-order valence-electron chi connectivity index (χ1n) is 11.2. The third-order valence-corrected chi connectivity index (χ3v) is 9.63. The number of rotatable bonds is 12. The Hall–Kier alpha value is -1.14. The van der Waals surface area contributed by atoms with Crippen LogP contribution >= 0.6 is 26.8 Å². The minimum absolute atomic E-state index is 0.0378. The van der Waals surface area contributed by atoms with Gasteiger partial charge in [-0.15, -0.1) is 5.10 Å². The summed E-state index contributed by atoms with van der Waals surface area (Å²) in [7, 11) is -7.78. The number of fused-ring (bicyclic) bond motifs is 1. The molecular weight excluding hydrogens is 524 g/mol. The van der Waals surface area contributed by atoms with Crippen molar-refractivity contribution >= 4 is 38.3 Å². The van der Waals surface area contributed by atoms with Gasteiger partial charge in [0, 0.05) is 19.6 Å². The van der Waals surface area contributed by atoms with Crippen molar-refractivity contribution in [3.05, 3.63) is 17.2 Å². The summed E-state index contributed by atoms with van der Waals surface area (Å²) < 4.78 is 34.8. The first kappa shape index (κ1) is 28.4. The number of methoxy groups -OCH3 is 1. The second-order valence-corrected chi connectivity index (χ2v) is 13.3. The largest absolute Gasteiger partial charge is 0.393 e. The number of aromatic nitrogens is 4. The van der Waals surface area contributed by atoms with Gasteiger partial charge in [-0.05, 0) is 49.6 Å². The van der Waals surface area contributed by atoms with Gasteiger partial charge in [0.15, 0.2) is 17.4 Å². The van der Waals surface area contributed by atoms with Crippen molar-refractivity contribution in [3.63, 3.8) is 0 Å². The van der Waals surface area contributed by atoms with Crippen molar-refractivity contribution in [2.45, 2.75) is 57.2 Å². The molecule has 2 aromatic rings. The van der Waals surface area contributed by atoms with Crippen molar-refractivity contribution in [3.8, 4) is 0 Å². The SMILES string of the molecule is CO[C@H](COP(=O)(O)CP(=O)(O)O)CC(C)c1cnc2c(NCC3CCC(O)CC3)nc(Cl)nn12. The fourth-order valence-corrected chi connectivity index (χ4v) is 6.89. The molecule has 2 unspecified atom stereocenters. The Balaban J connectivity index is 1.67. The van der Waals surface area contributed by atoms with Crippen LogP contribution in [0.1, 0.15) is 50.6 Å². The van der Waals surface area contributed by atoms with E-state index in [1.807, 2.05) is 6.92 Å². The van der Waals surface area contributed by atoms with Gasteiger partial charge in [0.05, 0.1) is 30.7 Å². The van der Waals surface area contributed by atoms with Crippen LogP contribution in [0.2, 0.25) is 5.28 Å². The molecule has 2 aromatic heterocycles. The van der Waals surface area contributed by atoms with Gasteiger partial charge in [0.25, 0.3) is 0 Å². The van der Waals surface area contributed by atoms with E-state index in [2.05, 4.69) is 20.4 Å². The third kappa shape index (κ3) is 8.45. The highest BCUT2D eigenvalue weighted by atomic mass is 35.5. The summed E-state index contributed by atoms with van der Waals surface area (Å²) in [6.45, 7) is 2.23. The molecule has 0 saturated heterocycles. The Morgan fingerprint density at radius 1 is 1.26 bits per heavy atom. The predicted octanol–water partition coefficient (Wildman–Crippen LogP) is 2.59. The van der Waals surface area contributed by atoms with Crippen LogP contribution in [0.5, 0.6) is 0 Å². The lowest BCUT2D eigenvalue weighted by Crippen LogP contribution is -2.24. The maximum Gasteiger partial charge on any atom is 0.340 e. The van der Waals surface area contributed by atoms with Gasteiger partial charge < -0.3 is 34.4 Å². The Kier molecular flexibility index (Phi) is 9.70. The molecule has 0 aromatic carbocycles. The number of nitrogens with zero attached hydrogens (tertiary/aromatic N) is 4. The number of hydrogen-bond donors (Lipinski definition) is 5. The number of hydrogen-bond acceptors (Lipinski definition) is 9. The van der Waals surface area contributed by atoms with Crippen LogP contribution in [-0.4, -0.2) is 77.7 Å². The quantitative estimate of drug-likeness (QED) is 0.241. The number of anilines is 1. The highest BCUT2D eigenvalue weighted by molar-refractivity contribution is 7.70. The van der Waals surface area contributed by atoms with E-state index >= 15 is 0 Å². The highest BCUT2D eigenvalue weighted by Crippen LogP contribution is 2.55. The van der Waals surface area contributed by atoms with E-state index in [0.717, 1.165) is 25.7 Å². The zero-order chi connectivity index (χ0) is 25.8. The smallest absolute Gasteiger partial charge is 0.340 e. The van der Waals surface area contributed by atoms with Gasteiger partial charge in [-0.3, -0.25) is 9.13 Å². The van der Waals surface area contributed by atoms with Crippen molar-refractivity contribution in [2.75, 3.05) is 31.5 Å². The maximum atomic E-state index is 11.9. The zero-order valence-electron chi connectivity index (χ0n) is 19.5. The van der Waals surface area contributed by atoms with Crippen LogP contribution in [0.3, 0.4) is 0 Å². The molecule has 198 valence electrons. The van der Waals surface area contributed by atoms with Crippen LogP contribution in [-0.2, 0) is 18.4 Å². The molecule has 0 aliphatic heterocycles. The van der Waals surface area contributed by atoms with E-state index in [1.165, 1.54) is 7.11 Å². The molecule has 35 heavy (non-hydrogen) atoms. The lowest BCUT2D eigenvalue weighted by Gasteiger charge is -2.25. The lowest BCUT2D eigenvalue weighted by atomic mass is 9.87. The molecule has 5 N–H and O–H groups in total. The molecule has 3 atom stereocenters. The average molecular weight is 556 g/mol. The van der Waals surface area contributed by atoms with Gasteiger partial charge in [-0.1, -0.05) is 6.92 Å². The normalized spacial score (nSPS) is 22.6. The van der Waals surface area contributed by atoms with E-state index in [0.29, 0.717) is 36.0 Å². The summed E-state index contributed by atoms with van der Waals surface area (Å²) in [6.07, 6.45) is 4.55. The summed E-state index contributed by atoms with van der Waals surface area (Å²) in [6, 6.07) is 0. The molecule has 0 radical (unpaired) electrons. The van der Waals surface area contributed by atoms with Crippen molar-refractivity contribution in [2.24, 2.45) is 5.92 Å². The molecule has 1 saturated carbocycles. The second-order valence-electron chi connectivity index (χ2n) is 8.94. The van der Waals surface area contributed by atoms with Crippen molar-refractivity contribution < 1.29 is 38.2 Å². The van der Waals surface area contributed by atoms with Crippen molar-refractivity contribution in [1.29, 1.82) is 0 Å². The molecular formula is C19H32ClN5O8P2. The molecule has 13 nitrogen and oxygen atoms in total. The summed E-state index contributed by atoms with van der Waals surface area (Å²) in [5.41, 5.74) is 1.21. The zero-order valence-corrected chi connectivity index (χ0v) is 22.1. The van der Waals surface area contributed by atoms with E-state index in [-0.39, 0.29) is 23.9 Å². The minimum atomic E-state index is -4.71. The lowest BCUT2D eigenvalue weighted by molar-refractivity contribution is 0.0440. The molecule has 1 aliphatic carbocycles. The minimum Gasteiger partial charge on any atom is -0.393 e. The molecule has 0 amide bonds. The molecule has 1 fully saturated rings. The molecule has 3 rings (SSSR count). The van der Waals surface area contributed by atoms with E-state index in [4.69, 9.17) is 30.6 Å². The fraction of sp³-hybridized carbons (Fsp3) is 0.737. The van der Waals surface area contributed by atoms with E-state index in [1.54, 1.807) is 10.7 Å². The monoisotopic (exact) mass is 555 g/mol. The van der Waals surface area contributed by atoms with E-state index < -0.39 is 27.2 Å². The summed E-state index contributed by atoms with van der Waals surface area (Å²) in [4.78, 5) is 36.3. The number of ether oxygens (including phenoxy) is 1. The number of aliphatic hydroxyl groups is 1. The summed E-state index contributed by atoms with van der Waals surface area (Å²) in [5.74, 6) is -0.542. The molecule has 2 heterocycles. The maximum absolute atomic E-state index is 11.9. The Morgan fingerprint density at radius 2 is 1.94 bits per heavy atom. The van der Waals surface area contributed by atoms with Crippen LogP contribution in [0.15, 0.2) is 6.20 Å². The molecule has 0 bridgehead atoms. The standard InChI is InChI=1S/C19H32ClN5O8P2/c1-12(7-15(32-2)10-33-35(30,31)11-34(27,28)29)16-9-22-18-17(23-19(20)24-25(16)18)21-8-13-3-5-14(26)6-4-13/h9,12-15,26H,3-8,10-11H2,1-2H3,(H,30,31)(H,21,23,24)(H2,27,28,29)/t12?,13?,14?,15-/m0/s1. The van der Waals surface area contributed by atoms with Crippen LogP contribution in [0, 0.1) is 5.92 Å². The molecule has 0 spiro atoms. The number of halogens is 1. The fourth-order valence-electron chi connectivity index (χ4n) is 4.14. The first-order valence-corrected chi connectivity index (χ1v) is 15.2. The van der Waals surface area contributed by atoms with Gasteiger partial charge in [0.2, 0.25) is 5.28 Å². The van der Waals surface area contributed by atoms with Gasteiger partial charge in [-0.25, -0.2) is 9.50 Å². The molecule has 1 aliphatic rings. The topological polar surface area (TPSA) is 189 Å². The Bertz CT molecular complexity index is 1090. The van der Waals surface area contributed by atoms with Gasteiger partial charge >= 0.3 is 15.2 Å². The second kappa shape index (κ2) is 11.9. The Morgan fingerprint density at radius 3 is 2.57 bits per heavy atom. The van der Waals surface area contributed by atoms with E-state index in [9.17, 15) is 19.1 Å². The number of aliphatic hydroxyl groups excluding tert-OH is 1. The predicted molar refractivity (Wildman–Crippen MR) is 129 cm³/mol. The number of imidazole rings is 1. The summed E-state index contributed by atoms with van der Waals surface area (Å²) >= 11 is 6.17. The number of nitrogens with one attached hydrogen (secondary N) is 1. The highest BCUT2D eigenvalue weighted by Gasteiger charge is 2.32. The van der Waals surface area contributed by atoms with Crippen LogP contribution in [0.25, 0.3) is 5.65 Å². The van der Waals surface area contributed by atoms with Gasteiger partial charge in [0.1, 0.15) is 0 Å². The van der Waals surface area contributed by atoms with Crippen LogP contribution < -0.4 is 5.32 Å². The average Bonchev–Trinajstić information content (AvgIpc) is 3.18. The van der Waals surface area contributed by atoms with Gasteiger partial charge in [-0.2, -0.15) is 4.98 Å². The Labute approximate surface area is 207 Å². The summed E-state index contributed by atoms with van der Waals surface area (Å²) in [5, 5.41) is 17.3.